The van der Waals surface area contributed by atoms with Crippen LogP contribution in [-0.2, 0) is 0 Å². The number of halogens is 2. The summed E-state index contributed by atoms with van der Waals surface area (Å²) >= 11 is 5.82. The van der Waals surface area contributed by atoms with Gasteiger partial charge in [-0.1, -0.05) is 25.4 Å². The Morgan fingerprint density at radius 1 is 1.35 bits per heavy atom. The predicted octanol–water partition coefficient (Wildman–Crippen LogP) is 2.87. The van der Waals surface area contributed by atoms with E-state index in [1.165, 1.54) is 6.07 Å². The summed E-state index contributed by atoms with van der Waals surface area (Å²) in [5, 5.41) is 20.0. The number of hydrogen-bond donors (Lipinski definition) is 3. The third kappa shape index (κ3) is 4.72. The molecule has 0 spiro atoms. The van der Waals surface area contributed by atoms with Crippen molar-refractivity contribution in [3.05, 3.63) is 28.8 Å². The smallest absolute Gasteiger partial charge is 0.120 e. The maximum atomic E-state index is 9.88. The van der Waals surface area contributed by atoms with E-state index in [1.807, 2.05) is 13.8 Å². The molecular formula is C12H19Cl2NO2. The molecule has 0 unspecified atom stereocenters. The fourth-order valence-corrected chi connectivity index (χ4v) is 1.81. The lowest BCUT2D eigenvalue weighted by molar-refractivity contribution is 0.120. The molecule has 0 saturated carbocycles. The molecule has 0 fully saturated rings. The molecule has 0 saturated heterocycles. The molecule has 4 N–H and O–H groups in total. The maximum Gasteiger partial charge on any atom is 0.120 e. The van der Waals surface area contributed by atoms with Gasteiger partial charge in [0.15, 0.2) is 0 Å². The van der Waals surface area contributed by atoms with Crippen LogP contribution in [0, 0.1) is 5.92 Å². The summed E-state index contributed by atoms with van der Waals surface area (Å²) in [5.74, 6) is 0.419. The van der Waals surface area contributed by atoms with Crippen LogP contribution in [0.3, 0.4) is 0 Å². The normalized spacial score (nSPS) is 14.2. The van der Waals surface area contributed by atoms with Crippen LogP contribution < -0.4 is 5.73 Å². The minimum absolute atomic E-state index is 0. The average molecular weight is 280 g/mol. The van der Waals surface area contributed by atoms with Gasteiger partial charge in [-0.05, 0) is 30.5 Å². The van der Waals surface area contributed by atoms with E-state index in [4.69, 9.17) is 17.3 Å². The number of phenolic OH excluding ortho intramolecular Hbond substituents is 1. The zero-order chi connectivity index (χ0) is 12.3. The van der Waals surface area contributed by atoms with Crippen LogP contribution in [0.25, 0.3) is 0 Å². The molecule has 0 aromatic heterocycles. The number of hydrogen-bond acceptors (Lipinski definition) is 3. The van der Waals surface area contributed by atoms with Gasteiger partial charge in [0.05, 0.1) is 12.1 Å². The van der Waals surface area contributed by atoms with Crippen molar-refractivity contribution in [1.82, 2.24) is 0 Å². The lowest BCUT2D eigenvalue weighted by atomic mass is 9.95. The van der Waals surface area contributed by atoms with Crippen molar-refractivity contribution in [3.63, 3.8) is 0 Å². The van der Waals surface area contributed by atoms with E-state index in [-0.39, 0.29) is 18.2 Å². The van der Waals surface area contributed by atoms with Crippen LogP contribution >= 0.6 is 24.0 Å². The van der Waals surface area contributed by atoms with Crippen molar-refractivity contribution in [3.8, 4) is 5.75 Å². The summed E-state index contributed by atoms with van der Waals surface area (Å²) in [6.07, 6.45) is -0.0861. The Hall–Kier alpha value is -0.480. The third-order valence-electron chi connectivity index (χ3n) is 2.48. The monoisotopic (exact) mass is 279 g/mol. The third-order valence-corrected chi connectivity index (χ3v) is 2.71. The summed E-state index contributed by atoms with van der Waals surface area (Å²) in [4.78, 5) is 0. The largest absolute Gasteiger partial charge is 0.508 e. The minimum atomic E-state index is -0.677. The van der Waals surface area contributed by atoms with Crippen LogP contribution in [-0.4, -0.2) is 16.3 Å². The maximum absolute atomic E-state index is 9.88. The predicted molar refractivity (Wildman–Crippen MR) is 72.8 cm³/mol. The van der Waals surface area contributed by atoms with Crippen molar-refractivity contribution in [2.24, 2.45) is 11.7 Å². The highest BCUT2D eigenvalue weighted by Gasteiger charge is 2.20. The van der Waals surface area contributed by atoms with E-state index < -0.39 is 12.1 Å². The van der Waals surface area contributed by atoms with Gasteiger partial charge in [-0.3, -0.25) is 0 Å². The second-order valence-electron chi connectivity index (χ2n) is 4.43. The zero-order valence-corrected chi connectivity index (χ0v) is 11.5. The molecule has 0 aliphatic carbocycles. The van der Waals surface area contributed by atoms with Gasteiger partial charge in [0.1, 0.15) is 5.75 Å². The Morgan fingerprint density at radius 2 is 1.94 bits per heavy atom. The van der Waals surface area contributed by atoms with E-state index in [2.05, 4.69) is 0 Å². The van der Waals surface area contributed by atoms with E-state index in [0.717, 1.165) is 0 Å². The van der Waals surface area contributed by atoms with Gasteiger partial charge >= 0.3 is 0 Å². The van der Waals surface area contributed by atoms with Crippen LogP contribution in [0.5, 0.6) is 5.75 Å². The molecular weight excluding hydrogens is 261 g/mol. The topological polar surface area (TPSA) is 66.5 Å². The molecule has 0 aliphatic rings. The van der Waals surface area contributed by atoms with Crippen molar-refractivity contribution in [1.29, 1.82) is 0 Å². The van der Waals surface area contributed by atoms with Crippen molar-refractivity contribution >= 4 is 24.0 Å². The van der Waals surface area contributed by atoms with Crippen molar-refractivity contribution in [2.75, 3.05) is 0 Å². The van der Waals surface area contributed by atoms with Gasteiger partial charge < -0.3 is 15.9 Å². The Kier molecular flexibility index (Phi) is 6.87. The highest BCUT2D eigenvalue weighted by molar-refractivity contribution is 6.30. The van der Waals surface area contributed by atoms with Crippen LogP contribution in [0.2, 0.25) is 5.02 Å². The van der Waals surface area contributed by atoms with Gasteiger partial charge in [0.25, 0.3) is 0 Å². The van der Waals surface area contributed by atoms with Crippen molar-refractivity contribution < 1.29 is 10.2 Å². The second kappa shape index (κ2) is 7.07. The SMILES string of the molecule is CC(C)C[C@@H](O)[C@@H](N)c1cc(Cl)ccc1O.Cl. The molecule has 0 heterocycles. The van der Waals surface area contributed by atoms with Gasteiger partial charge in [-0.15, -0.1) is 12.4 Å². The summed E-state index contributed by atoms with van der Waals surface area (Å²) in [6, 6.07) is 4.05. The number of aromatic hydroxyl groups is 1. The molecule has 0 aliphatic heterocycles. The Bertz CT molecular complexity index is 358. The molecule has 2 atom stereocenters. The number of benzene rings is 1. The standard InChI is InChI=1S/C12H18ClNO2.ClH/c1-7(2)5-11(16)12(14)9-6-8(13)3-4-10(9)15;/h3-4,6-7,11-12,15-16H,5,14H2,1-2H3;1H/t11-,12+;/m1./s1. The summed E-state index contributed by atoms with van der Waals surface area (Å²) in [6.45, 7) is 4.02. The van der Waals surface area contributed by atoms with E-state index in [9.17, 15) is 10.2 Å². The first kappa shape index (κ1) is 16.5. The molecule has 5 heteroatoms. The fourth-order valence-electron chi connectivity index (χ4n) is 1.63. The van der Waals surface area contributed by atoms with Gasteiger partial charge in [-0.2, -0.15) is 0 Å². The number of phenols is 1. The molecule has 0 amide bonds. The molecule has 3 nitrogen and oxygen atoms in total. The highest BCUT2D eigenvalue weighted by Crippen LogP contribution is 2.29. The van der Waals surface area contributed by atoms with E-state index in [1.54, 1.807) is 12.1 Å². The average Bonchev–Trinajstić information content (AvgIpc) is 2.19. The summed E-state index contributed by atoms with van der Waals surface area (Å²) in [5.41, 5.74) is 6.37. The number of aliphatic hydroxyl groups is 1. The molecule has 98 valence electrons. The molecule has 1 aromatic rings. The first-order chi connectivity index (χ1) is 7.41. The van der Waals surface area contributed by atoms with Crippen LogP contribution in [0.15, 0.2) is 18.2 Å². The second-order valence-corrected chi connectivity index (χ2v) is 4.86. The minimum Gasteiger partial charge on any atom is -0.508 e. The van der Waals surface area contributed by atoms with Crippen molar-refractivity contribution in [2.45, 2.75) is 32.4 Å². The Labute approximate surface area is 113 Å². The molecule has 0 bridgehead atoms. The zero-order valence-electron chi connectivity index (χ0n) is 9.93. The van der Waals surface area contributed by atoms with Gasteiger partial charge in [0, 0.05) is 10.6 Å². The molecule has 0 radical (unpaired) electrons. The summed E-state index contributed by atoms with van der Waals surface area (Å²) < 4.78 is 0. The first-order valence-electron chi connectivity index (χ1n) is 5.34. The Morgan fingerprint density at radius 3 is 2.47 bits per heavy atom. The molecule has 17 heavy (non-hydrogen) atoms. The van der Waals surface area contributed by atoms with E-state index >= 15 is 0 Å². The number of aliphatic hydroxyl groups excluding tert-OH is 1. The fraction of sp³-hybridized carbons (Fsp3) is 0.500. The summed E-state index contributed by atoms with van der Waals surface area (Å²) in [7, 11) is 0. The first-order valence-corrected chi connectivity index (χ1v) is 5.71. The number of rotatable bonds is 4. The van der Waals surface area contributed by atoms with Gasteiger partial charge in [0.2, 0.25) is 0 Å². The molecule has 1 aromatic carbocycles. The lowest BCUT2D eigenvalue weighted by Gasteiger charge is -2.21. The van der Waals surface area contributed by atoms with Gasteiger partial charge in [-0.25, -0.2) is 0 Å². The quantitative estimate of drug-likeness (QED) is 0.794. The van der Waals surface area contributed by atoms with Crippen LogP contribution in [0.4, 0.5) is 0 Å². The lowest BCUT2D eigenvalue weighted by Crippen LogP contribution is -2.27. The van der Waals surface area contributed by atoms with Crippen LogP contribution in [0.1, 0.15) is 31.9 Å². The highest BCUT2D eigenvalue weighted by atomic mass is 35.5. The Balaban J connectivity index is 0.00000256. The molecule has 1 rings (SSSR count). The number of nitrogens with two attached hydrogens (primary N) is 1. The van der Waals surface area contributed by atoms with E-state index in [0.29, 0.717) is 22.9 Å².